The number of hydrogen-bond donors (Lipinski definition) is 0. The van der Waals surface area contributed by atoms with Crippen LogP contribution in [0.25, 0.3) is 0 Å². The van der Waals surface area contributed by atoms with Gasteiger partial charge < -0.3 is 4.74 Å². The predicted molar refractivity (Wildman–Crippen MR) is 119 cm³/mol. The monoisotopic (exact) mass is 376 g/mol. The average molecular weight is 377 g/mol. The van der Waals surface area contributed by atoms with E-state index in [9.17, 15) is 0 Å². The maximum Gasteiger partial charge on any atom is 0.112 e. The molecule has 0 atom stereocenters. The van der Waals surface area contributed by atoms with Gasteiger partial charge >= 0.3 is 0 Å². The molecule has 0 aliphatic rings. The van der Waals surface area contributed by atoms with Crippen molar-refractivity contribution in [1.29, 1.82) is 0 Å². The van der Waals surface area contributed by atoms with Gasteiger partial charge in [-0.15, -0.1) is 0 Å². The summed E-state index contributed by atoms with van der Waals surface area (Å²) in [5, 5.41) is 0.843. The van der Waals surface area contributed by atoms with Crippen LogP contribution in [0.1, 0.15) is 47.1 Å². The molecule has 0 heterocycles. The zero-order valence-electron chi connectivity index (χ0n) is 17.5. The van der Waals surface area contributed by atoms with E-state index in [1.807, 2.05) is 0 Å². The Hall–Kier alpha value is -0.806. The molecule has 0 radical (unpaired) electrons. The molecule has 0 N–H and O–H groups in total. The first-order valence-electron chi connectivity index (χ1n) is 10.4. The van der Waals surface area contributed by atoms with Crippen LogP contribution < -0.4 is 0 Å². The highest BCUT2D eigenvalue weighted by molar-refractivity contribution is 7.00. The quantitative estimate of drug-likeness (QED) is 0.269. The fourth-order valence-corrected chi connectivity index (χ4v) is 20.2. The van der Waals surface area contributed by atoms with Crippen molar-refractivity contribution >= 4 is 16.1 Å². The maximum atomic E-state index is 5.97. The highest BCUT2D eigenvalue weighted by Gasteiger charge is 2.46. The fraction of sp³-hybridized carbons (Fsp3) is 0.636. The lowest BCUT2D eigenvalue weighted by molar-refractivity contribution is 0.235. The van der Waals surface area contributed by atoms with E-state index < -0.39 is 16.1 Å². The minimum atomic E-state index is -1.28. The van der Waals surface area contributed by atoms with E-state index in [-0.39, 0.29) is 0 Å². The second-order valence-electron chi connectivity index (χ2n) is 7.45. The molecule has 0 aromatic heterocycles. The summed E-state index contributed by atoms with van der Waals surface area (Å²) >= 11 is 0. The fourth-order valence-electron chi connectivity index (χ4n) is 4.73. The van der Waals surface area contributed by atoms with Gasteiger partial charge in [-0.1, -0.05) is 114 Å². The Morgan fingerprint density at radius 3 is 1.60 bits per heavy atom. The normalized spacial score (nSPS) is 12.9. The van der Waals surface area contributed by atoms with Gasteiger partial charge in [-0.05, 0) is 10.7 Å². The third-order valence-corrected chi connectivity index (χ3v) is 22.2. The van der Waals surface area contributed by atoms with Crippen LogP contribution >= 0.6 is 0 Å². The van der Waals surface area contributed by atoms with Crippen LogP contribution in [0.2, 0.25) is 41.4 Å². The van der Waals surface area contributed by atoms with Crippen molar-refractivity contribution < 1.29 is 4.74 Å². The molecule has 0 unspecified atom stereocenters. The Kier molecular flexibility index (Phi) is 9.80. The molecular weight excluding hydrogens is 336 g/mol. The third-order valence-electron chi connectivity index (χ3n) is 7.00. The summed E-state index contributed by atoms with van der Waals surface area (Å²) in [6, 6.07) is 18.9. The Morgan fingerprint density at radius 1 is 0.760 bits per heavy atom. The first kappa shape index (κ1) is 22.2. The lowest BCUT2D eigenvalue weighted by Gasteiger charge is -2.46. The summed E-state index contributed by atoms with van der Waals surface area (Å²) in [5.41, 5.74) is 1.25. The standard InChI is InChI=1S/C22H40OSi2/c1-7-24(8-2,9-3)22(25(10-4,11-5)12-6)18-19-23-20-21-16-14-13-15-17-21/h13-19,22H,7-12,20H2,1-6H3/b19-18-. The molecule has 142 valence electrons. The van der Waals surface area contributed by atoms with Crippen molar-refractivity contribution in [1.82, 2.24) is 0 Å². The van der Waals surface area contributed by atoms with E-state index >= 15 is 0 Å². The van der Waals surface area contributed by atoms with Crippen molar-refractivity contribution in [3.8, 4) is 0 Å². The van der Waals surface area contributed by atoms with Crippen molar-refractivity contribution in [2.75, 3.05) is 0 Å². The highest BCUT2D eigenvalue weighted by atomic mass is 28.4. The van der Waals surface area contributed by atoms with Crippen molar-refractivity contribution in [3.63, 3.8) is 0 Å². The molecule has 0 saturated carbocycles. The lowest BCUT2D eigenvalue weighted by atomic mass is 10.2. The van der Waals surface area contributed by atoms with Crippen LogP contribution in [0, 0.1) is 0 Å². The molecule has 0 aliphatic heterocycles. The zero-order valence-corrected chi connectivity index (χ0v) is 19.5. The molecule has 0 aliphatic carbocycles. The number of benzene rings is 1. The van der Waals surface area contributed by atoms with Crippen LogP contribution in [-0.2, 0) is 11.3 Å². The molecule has 0 amide bonds. The van der Waals surface area contributed by atoms with E-state index in [1.54, 1.807) is 0 Å². The topological polar surface area (TPSA) is 9.23 Å². The van der Waals surface area contributed by atoms with Gasteiger partial charge in [0.2, 0.25) is 0 Å². The Morgan fingerprint density at radius 2 is 1.20 bits per heavy atom. The molecule has 0 spiro atoms. The Labute approximate surface area is 158 Å². The molecule has 1 aromatic carbocycles. The number of allylic oxidation sites excluding steroid dienone is 1. The van der Waals surface area contributed by atoms with Gasteiger partial charge in [-0.2, -0.15) is 0 Å². The van der Waals surface area contributed by atoms with Crippen molar-refractivity contribution in [3.05, 3.63) is 48.2 Å². The number of rotatable bonds is 12. The van der Waals surface area contributed by atoms with Crippen molar-refractivity contribution in [2.45, 2.75) is 89.6 Å². The molecule has 1 rings (SSSR count). The van der Waals surface area contributed by atoms with E-state index in [1.165, 1.54) is 41.8 Å². The largest absolute Gasteiger partial charge is 0.497 e. The summed E-state index contributed by atoms with van der Waals surface area (Å²) in [7, 11) is -2.56. The first-order valence-corrected chi connectivity index (χ1v) is 15.8. The van der Waals surface area contributed by atoms with E-state index in [2.05, 4.69) is 84.2 Å². The Bertz CT molecular complexity index is 453. The zero-order chi connectivity index (χ0) is 18.8. The van der Waals surface area contributed by atoms with Crippen LogP contribution in [0.15, 0.2) is 42.7 Å². The molecule has 1 nitrogen and oxygen atoms in total. The van der Waals surface area contributed by atoms with Crippen LogP contribution in [0.5, 0.6) is 0 Å². The summed E-state index contributed by atoms with van der Waals surface area (Å²) in [4.78, 5) is 0. The minimum Gasteiger partial charge on any atom is -0.497 e. The average Bonchev–Trinajstić information content (AvgIpc) is 2.68. The smallest absolute Gasteiger partial charge is 0.112 e. The van der Waals surface area contributed by atoms with E-state index in [0.717, 1.165) is 5.16 Å². The molecule has 0 saturated heterocycles. The number of ether oxygens (including phenoxy) is 1. The van der Waals surface area contributed by atoms with Gasteiger partial charge in [0.05, 0.1) is 22.4 Å². The Balaban J connectivity index is 3.03. The lowest BCUT2D eigenvalue weighted by Crippen LogP contribution is -2.51. The molecule has 1 aromatic rings. The summed E-state index contributed by atoms with van der Waals surface area (Å²) < 4.78 is 5.97. The summed E-state index contributed by atoms with van der Waals surface area (Å²) in [6.07, 6.45) is 4.58. The van der Waals surface area contributed by atoms with Gasteiger partial charge in [0.1, 0.15) is 6.61 Å². The summed E-state index contributed by atoms with van der Waals surface area (Å²) in [6.45, 7) is 15.4. The number of hydrogen-bond acceptors (Lipinski definition) is 1. The molecule has 3 heteroatoms. The predicted octanol–water partition coefficient (Wildman–Crippen LogP) is 7.64. The van der Waals surface area contributed by atoms with Gasteiger partial charge in [0.25, 0.3) is 0 Å². The molecule has 0 bridgehead atoms. The second-order valence-corrected chi connectivity index (χ2v) is 19.0. The van der Waals surface area contributed by atoms with Crippen molar-refractivity contribution in [2.24, 2.45) is 0 Å². The molecular formula is C22H40OSi2. The van der Waals surface area contributed by atoms with Crippen LogP contribution in [0.4, 0.5) is 0 Å². The van der Waals surface area contributed by atoms with E-state index in [4.69, 9.17) is 4.74 Å². The maximum absolute atomic E-state index is 5.97. The van der Waals surface area contributed by atoms with Crippen LogP contribution in [-0.4, -0.2) is 16.1 Å². The third kappa shape index (κ3) is 5.33. The van der Waals surface area contributed by atoms with Gasteiger partial charge in [0.15, 0.2) is 0 Å². The molecule has 25 heavy (non-hydrogen) atoms. The molecule has 0 fully saturated rings. The van der Waals surface area contributed by atoms with E-state index in [0.29, 0.717) is 6.61 Å². The van der Waals surface area contributed by atoms with Gasteiger partial charge in [-0.3, -0.25) is 0 Å². The second kappa shape index (κ2) is 11.0. The first-order chi connectivity index (χ1) is 12.1. The SMILES string of the molecule is CC[Si](CC)(CC)C(/C=C\OCc1ccccc1)[Si](CC)(CC)CC. The van der Waals surface area contributed by atoms with Gasteiger partial charge in [0, 0.05) is 0 Å². The van der Waals surface area contributed by atoms with Crippen LogP contribution in [0.3, 0.4) is 0 Å². The minimum absolute atomic E-state index is 0.682. The highest BCUT2D eigenvalue weighted by Crippen LogP contribution is 2.46. The van der Waals surface area contributed by atoms with Gasteiger partial charge in [-0.25, -0.2) is 0 Å². The summed E-state index contributed by atoms with van der Waals surface area (Å²) in [5.74, 6) is 0.